The maximum absolute atomic E-state index is 11.6. The number of carbonyl (C=O) groups excluding carboxylic acids is 1. The minimum absolute atomic E-state index is 0.137. The molecule has 0 atom stereocenters. The Hall–Kier alpha value is -3.07. The van der Waals surface area contributed by atoms with Crippen molar-refractivity contribution in [3.63, 3.8) is 0 Å². The van der Waals surface area contributed by atoms with E-state index in [0.29, 0.717) is 27.7 Å². The molecule has 0 bridgehead atoms. The monoisotopic (exact) mass is 345 g/mol. The average Bonchev–Trinajstić information content (AvgIpc) is 3.13. The summed E-state index contributed by atoms with van der Waals surface area (Å²) in [4.78, 5) is 26.2. The third-order valence-electron chi connectivity index (χ3n) is 3.20. The second kappa shape index (κ2) is 6.20. The van der Waals surface area contributed by atoms with Gasteiger partial charge >= 0.3 is 0 Å². The van der Waals surface area contributed by atoms with Crippen molar-refractivity contribution < 1.29 is 18.9 Å². The molecule has 24 heavy (non-hydrogen) atoms. The van der Waals surface area contributed by atoms with Crippen molar-refractivity contribution in [3.05, 3.63) is 51.1 Å². The lowest BCUT2D eigenvalue weighted by Gasteiger charge is -2.03. The largest absolute Gasteiger partial charge is 0.497 e. The van der Waals surface area contributed by atoms with Crippen LogP contribution in [0.3, 0.4) is 0 Å². The van der Waals surface area contributed by atoms with Gasteiger partial charge in [-0.2, -0.15) is 4.99 Å². The average molecular weight is 345 g/mol. The number of aliphatic imine (C=N–C) groups is 1. The highest BCUT2D eigenvalue weighted by atomic mass is 32.2. The van der Waals surface area contributed by atoms with E-state index in [4.69, 9.17) is 14.9 Å². The van der Waals surface area contributed by atoms with Crippen molar-refractivity contribution in [1.29, 1.82) is 0 Å². The van der Waals surface area contributed by atoms with Gasteiger partial charge in [0.2, 0.25) is 0 Å². The summed E-state index contributed by atoms with van der Waals surface area (Å²) >= 11 is 1.04. The van der Waals surface area contributed by atoms with E-state index in [1.165, 1.54) is 19.3 Å². The van der Waals surface area contributed by atoms with Gasteiger partial charge in [-0.15, -0.1) is 0 Å². The minimum Gasteiger partial charge on any atom is -0.497 e. The predicted molar refractivity (Wildman–Crippen MR) is 89.5 cm³/mol. The Kier molecular flexibility index (Phi) is 4.09. The van der Waals surface area contributed by atoms with Crippen molar-refractivity contribution >= 4 is 34.6 Å². The number of furan rings is 1. The van der Waals surface area contributed by atoms with Gasteiger partial charge in [-0.25, -0.2) is 0 Å². The Morgan fingerprint density at radius 3 is 2.79 bits per heavy atom. The summed E-state index contributed by atoms with van der Waals surface area (Å²) in [5, 5.41) is 11.4. The molecule has 1 amide bonds. The van der Waals surface area contributed by atoms with E-state index in [1.807, 2.05) is 0 Å². The Balaban J connectivity index is 1.96. The molecule has 2 aromatic rings. The molecule has 1 aromatic heterocycles. The molecule has 3 rings (SSSR count). The number of thioether (sulfide) groups is 1. The first kappa shape index (κ1) is 15.8. The summed E-state index contributed by atoms with van der Waals surface area (Å²) in [5.74, 6) is 0.613. The van der Waals surface area contributed by atoms with E-state index in [1.54, 1.807) is 24.3 Å². The number of nitrogens with zero attached hydrogens (tertiary/aromatic N) is 2. The third kappa shape index (κ3) is 3.01. The zero-order valence-corrected chi connectivity index (χ0v) is 13.2. The van der Waals surface area contributed by atoms with E-state index in [-0.39, 0.29) is 10.9 Å². The van der Waals surface area contributed by atoms with Gasteiger partial charge in [0.15, 0.2) is 5.17 Å². The summed E-state index contributed by atoms with van der Waals surface area (Å²) in [6.45, 7) is 0. The SMILES string of the molecule is COc1ccc(-c2ccc(C=C3SC(N)=NC3=O)o2)c([N+](=O)[O-])c1. The number of hydrogen-bond acceptors (Lipinski definition) is 7. The van der Waals surface area contributed by atoms with Gasteiger partial charge in [0.25, 0.3) is 11.6 Å². The summed E-state index contributed by atoms with van der Waals surface area (Å²) < 4.78 is 10.6. The fraction of sp³-hybridized carbons (Fsp3) is 0.0667. The molecule has 0 saturated carbocycles. The topological polar surface area (TPSA) is 121 Å². The first-order chi connectivity index (χ1) is 11.5. The number of amides is 1. The minimum atomic E-state index is -0.511. The van der Waals surface area contributed by atoms with E-state index >= 15 is 0 Å². The van der Waals surface area contributed by atoms with Crippen LogP contribution in [0.15, 0.2) is 44.6 Å². The van der Waals surface area contributed by atoms with Crippen LogP contribution < -0.4 is 10.5 Å². The molecule has 0 saturated heterocycles. The number of amidine groups is 1. The maximum Gasteiger partial charge on any atom is 0.286 e. The normalized spacial score (nSPS) is 15.6. The molecule has 8 nitrogen and oxygen atoms in total. The van der Waals surface area contributed by atoms with Gasteiger partial charge in [0.05, 0.1) is 28.6 Å². The van der Waals surface area contributed by atoms with Crippen LogP contribution in [0.4, 0.5) is 5.69 Å². The molecule has 0 unspecified atom stereocenters. The quantitative estimate of drug-likeness (QED) is 0.513. The van der Waals surface area contributed by atoms with Crippen LogP contribution in [0, 0.1) is 10.1 Å². The zero-order chi connectivity index (χ0) is 17.3. The fourth-order valence-corrected chi connectivity index (χ4v) is 2.79. The van der Waals surface area contributed by atoms with Crippen molar-refractivity contribution in [2.75, 3.05) is 7.11 Å². The first-order valence-corrected chi connectivity index (χ1v) is 7.50. The number of ether oxygens (including phenoxy) is 1. The summed E-state index contributed by atoms with van der Waals surface area (Å²) in [5.41, 5.74) is 5.65. The van der Waals surface area contributed by atoms with Gasteiger partial charge in [-0.3, -0.25) is 14.9 Å². The van der Waals surface area contributed by atoms with Crippen LogP contribution >= 0.6 is 11.8 Å². The molecule has 0 radical (unpaired) electrons. The number of nitrogens with two attached hydrogens (primary N) is 1. The zero-order valence-electron chi connectivity index (χ0n) is 12.4. The van der Waals surface area contributed by atoms with E-state index in [2.05, 4.69) is 4.99 Å². The predicted octanol–water partition coefficient (Wildman–Crippen LogP) is 2.79. The Labute approximate surface area is 140 Å². The van der Waals surface area contributed by atoms with Crippen LogP contribution in [-0.2, 0) is 4.79 Å². The van der Waals surface area contributed by atoms with Crippen molar-refractivity contribution in [2.45, 2.75) is 0 Å². The van der Waals surface area contributed by atoms with Gasteiger partial charge in [-0.05, 0) is 36.0 Å². The number of methoxy groups -OCH3 is 1. The Morgan fingerprint density at radius 2 is 2.17 bits per heavy atom. The van der Waals surface area contributed by atoms with Gasteiger partial charge in [0, 0.05) is 6.08 Å². The highest BCUT2D eigenvalue weighted by Gasteiger charge is 2.22. The van der Waals surface area contributed by atoms with Crippen molar-refractivity contribution in [1.82, 2.24) is 0 Å². The molecule has 1 aliphatic rings. The smallest absolute Gasteiger partial charge is 0.286 e. The molecule has 0 fully saturated rings. The number of nitro groups is 1. The van der Waals surface area contributed by atoms with Crippen molar-refractivity contribution in [2.24, 2.45) is 10.7 Å². The molecule has 0 aliphatic carbocycles. The summed E-state index contributed by atoms with van der Waals surface area (Å²) in [7, 11) is 1.43. The molecule has 122 valence electrons. The summed E-state index contributed by atoms with van der Waals surface area (Å²) in [6, 6.07) is 7.67. The number of rotatable bonds is 4. The van der Waals surface area contributed by atoms with Crippen molar-refractivity contribution in [3.8, 4) is 17.1 Å². The van der Waals surface area contributed by atoms with E-state index < -0.39 is 10.8 Å². The molecular formula is C15H11N3O5S. The second-order valence-electron chi connectivity index (χ2n) is 4.71. The summed E-state index contributed by atoms with van der Waals surface area (Å²) in [6.07, 6.45) is 1.50. The van der Waals surface area contributed by atoms with Crippen LogP contribution in [0.2, 0.25) is 0 Å². The van der Waals surface area contributed by atoms with Crippen LogP contribution in [0.5, 0.6) is 5.75 Å². The lowest BCUT2D eigenvalue weighted by Crippen LogP contribution is -2.01. The molecule has 0 spiro atoms. The second-order valence-corrected chi connectivity index (χ2v) is 5.77. The lowest BCUT2D eigenvalue weighted by atomic mass is 10.1. The Bertz CT molecular complexity index is 900. The van der Waals surface area contributed by atoms with Gasteiger partial charge in [-0.1, -0.05) is 0 Å². The molecule has 2 heterocycles. The molecule has 9 heteroatoms. The fourth-order valence-electron chi connectivity index (χ4n) is 2.13. The molecular weight excluding hydrogens is 334 g/mol. The van der Waals surface area contributed by atoms with E-state index in [9.17, 15) is 14.9 Å². The van der Waals surface area contributed by atoms with Crippen LogP contribution in [0.1, 0.15) is 5.76 Å². The molecule has 1 aromatic carbocycles. The highest BCUT2D eigenvalue weighted by molar-refractivity contribution is 8.18. The molecule has 2 N–H and O–H groups in total. The van der Waals surface area contributed by atoms with Crippen LogP contribution in [0.25, 0.3) is 17.4 Å². The maximum atomic E-state index is 11.6. The van der Waals surface area contributed by atoms with Crippen LogP contribution in [-0.4, -0.2) is 23.1 Å². The first-order valence-electron chi connectivity index (χ1n) is 6.68. The van der Waals surface area contributed by atoms with Gasteiger partial charge in [0.1, 0.15) is 17.3 Å². The number of benzene rings is 1. The number of hydrogen-bond donors (Lipinski definition) is 1. The molecule has 1 aliphatic heterocycles. The standard InChI is InChI=1S/C15H11N3O5S/c1-22-8-2-4-10(11(6-8)18(20)21)12-5-3-9(23-12)7-13-14(19)17-15(16)24-13/h2-7H,1H3,(H2,16,17,19). The number of carbonyl (C=O) groups is 1. The van der Waals surface area contributed by atoms with E-state index in [0.717, 1.165) is 11.8 Å². The highest BCUT2D eigenvalue weighted by Crippen LogP contribution is 2.35. The number of nitro benzene ring substituents is 1. The van der Waals surface area contributed by atoms with Gasteiger partial charge < -0.3 is 14.9 Å². The Morgan fingerprint density at radius 1 is 1.38 bits per heavy atom. The third-order valence-corrected chi connectivity index (χ3v) is 4.02. The lowest BCUT2D eigenvalue weighted by molar-refractivity contribution is -0.384.